The molecule has 120 valence electrons. The van der Waals surface area contributed by atoms with Gasteiger partial charge in [-0.1, -0.05) is 30.4 Å². The zero-order chi connectivity index (χ0) is 16.4. The minimum absolute atomic E-state index is 0.0691. The Labute approximate surface area is 141 Å². The van der Waals surface area contributed by atoms with Gasteiger partial charge in [-0.15, -0.1) is 0 Å². The molecule has 4 rings (SSSR count). The summed E-state index contributed by atoms with van der Waals surface area (Å²) in [7, 11) is 0. The lowest BCUT2D eigenvalue weighted by atomic mass is 10.1. The molecule has 0 unspecified atom stereocenters. The molecule has 0 aromatic heterocycles. The number of anilines is 3. The van der Waals surface area contributed by atoms with Gasteiger partial charge in [-0.3, -0.25) is 4.79 Å². The lowest BCUT2D eigenvalue weighted by Crippen LogP contribution is -2.26. The molecule has 0 fully saturated rings. The first-order valence-corrected chi connectivity index (χ1v) is 8.19. The Morgan fingerprint density at radius 2 is 1.88 bits per heavy atom. The van der Waals surface area contributed by atoms with E-state index in [-0.39, 0.29) is 5.91 Å². The zero-order valence-corrected chi connectivity index (χ0v) is 13.3. The van der Waals surface area contributed by atoms with Gasteiger partial charge < -0.3 is 15.5 Å². The standard InChI is InChI=1S/C20H19N3O/c24-20-18(17-6-2-3-7-19(17)22-20)14-21-15-8-10-16(11-9-15)23-12-4-1-5-13-23/h1-4,6-11,14,21H,5,12-13H2,(H,22,24). The third-order valence-corrected chi connectivity index (χ3v) is 4.38. The molecule has 0 aliphatic carbocycles. The van der Waals surface area contributed by atoms with Gasteiger partial charge in [0.1, 0.15) is 0 Å². The number of para-hydroxylation sites is 1. The molecule has 2 aliphatic rings. The van der Waals surface area contributed by atoms with Crippen LogP contribution in [0.1, 0.15) is 12.0 Å². The molecule has 2 N–H and O–H groups in total. The third kappa shape index (κ3) is 2.78. The van der Waals surface area contributed by atoms with Crippen LogP contribution in [0.5, 0.6) is 0 Å². The van der Waals surface area contributed by atoms with Gasteiger partial charge in [0.2, 0.25) is 0 Å². The highest BCUT2D eigenvalue weighted by molar-refractivity contribution is 6.31. The van der Waals surface area contributed by atoms with Crippen molar-refractivity contribution in [3.05, 3.63) is 72.4 Å². The van der Waals surface area contributed by atoms with Crippen molar-refractivity contribution in [1.29, 1.82) is 0 Å². The third-order valence-electron chi connectivity index (χ3n) is 4.38. The van der Waals surface area contributed by atoms with Crippen molar-refractivity contribution in [3.63, 3.8) is 0 Å². The summed E-state index contributed by atoms with van der Waals surface area (Å²) in [6.45, 7) is 2.03. The van der Waals surface area contributed by atoms with Gasteiger partial charge in [0, 0.05) is 41.9 Å². The molecule has 4 heteroatoms. The number of nitrogens with zero attached hydrogens (tertiary/aromatic N) is 1. The Bertz CT molecular complexity index is 821. The number of carbonyl (C=O) groups excluding carboxylic acids is 1. The number of hydrogen-bond donors (Lipinski definition) is 2. The van der Waals surface area contributed by atoms with Crippen LogP contribution in [0.15, 0.2) is 66.9 Å². The van der Waals surface area contributed by atoms with Crippen molar-refractivity contribution in [2.24, 2.45) is 0 Å². The van der Waals surface area contributed by atoms with Crippen LogP contribution in [0.4, 0.5) is 17.1 Å². The van der Waals surface area contributed by atoms with E-state index in [1.807, 2.05) is 36.4 Å². The average Bonchev–Trinajstić information content (AvgIpc) is 2.96. The summed E-state index contributed by atoms with van der Waals surface area (Å²) in [6.07, 6.45) is 7.31. The van der Waals surface area contributed by atoms with Crippen LogP contribution >= 0.6 is 0 Å². The van der Waals surface area contributed by atoms with Crippen molar-refractivity contribution in [2.45, 2.75) is 6.42 Å². The second kappa shape index (κ2) is 6.24. The molecule has 0 saturated carbocycles. The molecular formula is C20H19N3O. The van der Waals surface area contributed by atoms with E-state index in [0.29, 0.717) is 5.57 Å². The number of amides is 1. The van der Waals surface area contributed by atoms with E-state index < -0.39 is 0 Å². The van der Waals surface area contributed by atoms with E-state index in [2.05, 4.69) is 39.8 Å². The number of fused-ring (bicyclic) bond motifs is 1. The first-order chi connectivity index (χ1) is 11.8. The lowest BCUT2D eigenvalue weighted by Gasteiger charge is -2.25. The molecule has 24 heavy (non-hydrogen) atoms. The van der Waals surface area contributed by atoms with E-state index in [0.717, 1.165) is 36.4 Å². The summed E-state index contributed by atoms with van der Waals surface area (Å²) >= 11 is 0. The van der Waals surface area contributed by atoms with E-state index >= 15 is 0 Å². The number of rotatable bonds is 3. The van der Waals surface area contributed by atoms with Crippen molar-refractivity contribution in [3.8, 4) is 0 Å². The molecule has 2 aromatic rings. The van der Waals surface area contributed by atoms with Gasteiger partial charge in [-0.25, -0.2) is 0 Å². The maximum Gasteiger partial charge on any atom is 0.257 e. The normalized spacial score (nSPS) is 17.8. The monoisotopic (exact) mass is 317 g/mol. The second-order valence-corrected chi connectivity index (χ2v) is 5.96. The van der Waals surface area contributed by atoms with Crippen LogP contribution in [-0.2, 0) is 4.79 Å². The van der Waals surface area contributed by atoms with Gasteiger partial charge in [0.05, 0.1) is 5.57 Å². The molecule has 0 atom stereocenters. The first kappa shape index (κ1) is 14.6. The largest absolute Gasteiger partial charge is 0.367 e. The molecule has 4 nitrogen and oxygen atoms in total. The molecule has 0 radical (unpaired) electrons. The van der Waals surface area contributed by atoms with Gasteiger partial charge >= 0.3 is 0 Å². The highest BCUT2D eigenvalue weighted by Crippen LogP contribution is 2.31. The lowest BCUT2D eigenvalue weighted by molar-refractivity contribution is -0.110. The summed E-state index contributed by atoms with van der Waals surface area (Å²) in [5, 5.41) is 6.11. The Morgan fingerprint density at radius 3 is 2.67 bits per heavy atom. The van der Waals surface area contributed by atoms with Crippen LogP contribution in [0.25, 0.3) is 5.57 Å². The first-order valence-electron chi connectivity index (χ1n) is 8.19. The smallest absolute Gasteiger partial charge is 0.257 e. The Balaban J connectivity index is 1.50. The minimum atomic E-state index is -0.0691. The highest BCUT2D eigenvalue weighted by Gasteiger charge is 2.23. The summed E-state index contributed by atoms with van der Waals surface area (Å²) < 4.78 is 0. The summed E-state index contributed by atoms with van der Waals surface area (Å²) in [5.41, 5.74) is 4.66. The summed E-state index contributed by atoms with van der Waals surface area (Å²) in [6, 6.07) is 16.0. The van der Waals surface area contributed by atoms with E-state index in [1.54, 1.807) is 6.20 Å². The number of nitrogens with one attached hydrogen (secondary N) is 2. The molecule has 2 heterocycles. The van der Waals surface area contributed by atoms with Crippen molar-refractivity contribution >= 4 is 28.5 Å². The minimum Gasteiger partial charge on any atom is -0.367 e. The highest BCUT2D eigenvalue weighted by atomic mass is 16.2. The van der Waals surface area contributed by atoms with Gasteiger partial charge in [0.15, 0.2) is 0 Å². The molecule has 1 amide bonds. The van der Waals surface area contributed by atoms with Gasteiger partial charge in [-0.05, 0) is 36.8 Å². The zero-order valence-electron chi connectivity index (χ0n) is 13.3. The number of hydrogen-bond acceptors (Lipinski definition) is 3. The summed E-state index contributed by atoms with van der Waals surface area (Å²) in [5.74, 6) is -0.0691. The Morgan fingerprint density at radius 1 is 1.04 bits per heavy atom. The van der Waals surface area contributed by atoms with Crippen LogP contribution in [0.2, 0.25) is 0 Å². The van der Waals surface area contributed by atoms with Crippen LogP contribution in [-0.4, -0.2) is 19.0 Å². The molecular weight excluding hydrogens is 298 g/mol. The number of carbonyl (C=O) groups is 1. The predicted molar refractivity (Wildman–Crippen MR) is 99.1 cm³/mol. The maximum absolute atomic E-state index is 12.1. The SMILES string of the molecule is O=C1Nc2ccccc2C1=CNc1ccc(N2CC=CCC2)cc1. The van der Waals surface area contributed by atoms with Crippen LogP contribution in [0.3, 0.4) is 0 Å². The predicted octanol–water partition coefficient (Wildman–Crippen LogP) is 3.86. The van der Waals surface area contributed by atoms with E-state index in [4.69, 9.17) is 0 Å². The molecule has 0 saturated heterocycles. The maximum atomic E-state index is 12.1. The van der Waals surface area contributed by atoms with Crippen LogP contribution < -0.4 is 15.5 Å². The fraction of sp³-hybridized carbons (Fsp3) is 0.150. The summed E-state index contributed by atoms with van der Waals surface area (Å²) in [4.78, 5) is 14.4. The van der Waals surface area contributed by atoms with Gasteiger partial charge in [0.25, 0.3) is 5.91 Å². The van der Waals surface area contributed by atoms with E-state index in [1.165, 1.54) is 5.69 Å². The number of benzene rings is 2. The topological polar surface area (TPSA) is 44.4 Å². The molecule has 2 aliphatic heterocycles. The van der Waals surface area contributed by atoms with Crippen molar-refractivity contribution < 1.29 is 4.79 Å². The van der Waals surface area contributed by atoms with E-state index in [9.17, 15) is 4.79 Å². The van der Waals surface area contributed by atoms with Crippen LogP contribution in [0, 0.1) is 0 Å². The van der Waals surface area contributed by atoms with Crippen molar-refractivity contribution in [1.82, 2.24) is 0 Å². The quantitative estimate of drug-likeness (QED) is 0.667. The fourth-order valence-corrected chi connectivity index (χ4v) is 3.08. The van der Waals surface area contributed by atoms with Gasteiger partial charge in [-0.2, -0.15) is 0 Å². The Hall–Kier alpha value is -3.01. The molecule has 0 bridgehead atoms. The molecule has 0 spiro atoms. The molecule has 2 aromatic carbocycles. The second-order valence-electron chi connectivity index (χ2n) is 5.96. The van der Waals surface area contributed by atoms with Crippen molar-refractivity contribution in [2.75, 3.05) is 28.6 Å². The average molecular weight is 317 g/mol. The fourth-order valence-electron chi connectivity index (χ4n) is 3.08. The Kier molecular flexibility index (Phi) is 3.79.